The molecule has 3 aliphatic heterocycles. The molecule has 3 saturated heterocycles. The average Bonchev–Trinajstić information content (AvgIpc) is 3.62. The van der Waals surface area contributed by atoms with Gasteiger partial charge in [0.25, 0.3) is 0 Å². The highest BCUT2D eigenvalue weighted by atomic mass is 16.3. The van der Waals surface area contributed by atoms with Gasteiger partial charge in [0.1, 0.15) is 0 Å². The van der Waals surface area contributed by atoms with Crippen LogP contribution in [0.5, 0.6) is 0 Å². The van der Waals surface area contributed by atoms with Gasteiger partial charge in [-0.05, 0) is 92.9 Å². The minimum Gasteiger partial charge on any atom is -0.393 e. The standard InChI is InChI=1S/C31H40N4O2/c36-26-17-24-13-14-25(18-26)35(24)23-11-8-21(9-12-23)30-27-16-22(10-15-28(27)33-34-30)31(37)32-29(20-6-7-20)19-4-2-1-3-5-19/h1-5,8-9,11-12,20,22,24-30,33-34,36H,6-7,10,13-18H2,(H,32,37)/t22?,24-,25-,27?,28?,29+,30?/m0/s1. The molecule has 2 bridgehead atoms. The van der Waals surface area contributed by atoms with Crippen molar-refractivity contribution in [1.82, 2.24) is 16.2 Å². The molecule has 2 aromatic carbocycles. The SMILES string of the molecule is O=C(N[C@H](c1ccccc1)C1CC1)C1CCC2NNC(c3ccc(N4[C@H]5CC[C@H]4CC(O)C5)cc3)C2C1. The van der Waals surface area contributed by atoms with Gasteiger partial charge in [0.15, 0.2) is 0 Å². The first kappa shape index (κ1) is 23.7. The van der Waals surface area contributed by atoms with Crippen LogP contribution >= 0.6 is 0 Å². The zero-order valence-corrected chi connectivity index (χ0v) is 21.6. The summed E-state index contributed by atoms with van der Waals surface area (Å²) in [6, 6.07) is 21.4. The van der Waals surface area contributed by atoms with E-state index in [-0.39, 0.29) is 30.0 Å². The Morgan fingerprint density at radius 1 is 0.865 bits per heavy atom. The van der Waals surface area contributed by atoms with Crippen molar-refractivity contribution < 1.29 is 9.90 Å². The summed E-state index contributed by atoms with van der Waals surface area (Å²) < 4.78 is 0. The molecule has 7 rings (SSSR count). The molecule has 5 aliphatic rings. The molecule has 5 fully saturated rings. The van der Waals surface area contributed by atoms with Gasteiger partial charge in [-0.2, -0.15) is 0 Å². The van der Waals surface area contributed by atoms with E-state index in [1.165, 1.54) is 42.5 Å². The number of carbonyl (C=O) groups is 1. The number of benzene rings is 2. The van der Waals surface area contributed by atoms with Crippen molar-refractivity contribution >= 4 is 11.6 Å². The number of hydrogen-bond acceptors (Lipinski definition) is 5. The zero-order chi connectivity index (χ0) is 24.9. The van der Waals surface area contributed by atoms with Crippen molar-refractivity contribution in [2.24, 2.45) is 17.8 Å². The highest BCUT2D eigenvalue weighted by Crippen LogP contribution is 2.44. The van der Waals surface area contributed by atoms with E-state index < -0.39 is 0 Å². The number of rotatable bonds is 6. The maximum atomic E-state index is 13.5. The molecule has 1 amide bonds. The predicted octanol–water partition coefficient (Wildman–Crippen LogP) is 4.38. The van der Waals surface area contributed by atoms with Gasteiger partial charge in [-0.3, -0.25) is 10.2 Å². The molecule has 6 nitrogen and oxygen atoms in total. The van der Waals surface area contributed by atoms with Crippen LogP contribution in [0, 0.1) is 17.8 Å². The van der Waals surface area contributed by atoms with Crippen LogP contribution in [-0.2, 0) is 4.79 Å². The smallest absolute Gasteiger partial charge is 0.223 e. The van der Waals surface area contributed by atoms with Gasteiger partial charge in [0, 0.05) is 29.7 Å². The lowest BCUT2D eigenvalue weighted by Gasteiger charge is -2.39. The van der Waals surface area contributed by atoms with E-state index in [1.54, 1.807) is 0 Å². The van der Waals surface area contributed by atoms with Gasteiger partial charge in [0.05, 0.1) is 18.2 Å². The Balaban J connectivity index is 1.03. The minimum atomic E-state index is -0.137. The molecule has 0 spiro atoms. The summed E-state index contributed by atoms with van der Waals surface area (Å²) in [5.74, 6) is 1.31. The lowest BCUT2D eigenvalue weighted by atomic mass is 9.74. The molecule has 2 aromatic rings. The second-order valence-corrected chi connectivity index (χ2v) is 12.3. The third-order valence-electron chi connectivity index (χ3n) is 9.93. The topological polar surface area (TPSA) is 76.6 Å². The first-order valence-electron chi connectivity index (χ1n) is 14.6. The fourth-order valence-electron chi connectivity index (χ4n) is 7.88. The van der Waals surface area contributed by atoms with Crippen molar-refractivity contribution in [1.29, 1.82) is 0 Å². The predicted molar refractivity (Wildman–Crippen MR) is 145 cm³/mol. The fourth-order valence-corrected chi connectivity index (χ4v) is 7.88. The summed E-state index contributed by atoms with van der Waals surface area (Å²) in [6.07, 6.45) is 9.35. The molecule has 0 aromatic heterocycles. The lowest BCUT2D eigenvalue weighted by molar-refractivity contribution is -0.127. The number of anilines is 1. The normalized spacial score (nSPS) is 35.7. The number of nitrogens with zero attached hydrogens (tertiary/aromatic N) is 1. The molecule has 37 heavy (non-hydrogen) atoms. The molecule has 3 heterocycles. The van der Waals surface area contributed by atoms with Gasteiger partial charge >= 0.3 is 0 Å². The van der Waals surface area contributed by atoms with Crippen LogP contribution in [0.1, 0.15) is 81.0 Å². The summed E-state index contributed by atoms with van der Waals surface area (Å²) in [7, 11) is 0. The summed E-state index contributed by atoms with van der Waals surface area (Å²) >= 11 is 0. The van der Waals surface area contributed by atoms with Crippen molar-refractivity contribution in [2.45, 2.75) is 94.1 Å². The van der Waals surface area contributed by atoms with E-state index in [0.717, 1.165) is 32.1 Å². The quantitative estimate of drug-likeness (QED) is 0.474. The second kappa shape index (κ2) is 9.72. The number of piperidine rings is 1. The number of aliphatic hydroxyl groups excluding tert-OH is 1. The maximum absolute atomic E-state index is 13.5. The van der Waals surface area contributed by atoms with E-state index in [9.17, 15) is 9.90 Å². The van der Waals surface area contributed by atoms with E-state index in [0.29, 0.717) is 30.0 Å². The highest BCUT2D eigenvalue weighted by molar-refractivity contribution is 5.79. The van der Waals surface area contributed by atoms with Crippen molar-refractivity contribution in [3.05, 3.63) is 65.7 Å². The van der Waals surface area contributed by atoms with Crippen LogP contribution in [-0.4, -0.2) is 35.2 Å². The van der Waals surface area contributed by atoms with E-state index >= 15 is 0 Å². The lowest BCUT2D eigenvalue weighted by Crippen LogP contribution is -2.44. The highest BCUT2D eigenvalue weighted by Gasteiger charge is 2.44. The Morgan fingerprint density at radius 3 is 2.30 bits per heavy atom. The monoisotopic (exact) mass is 500 g/mol. The zero-order valence-electron chi connectivity index (χ0n) is 21.6. The Morgan fingerprint density at radius 2 is 1.59 bits per heavy atom. The number of hydrogen-bond donors (Lipinski definition) is 4. The fraction of sp³-hybridized carbons (Fsp3) is 0.581. The van der Waals surface area contributed by atoms with Crippen molar-refractivity contribution in [3.8, 4) is 0 Å². The largest absolute Gasteiger partial charge is 0.393 e. The van der Waals surface area contributed by atoms with Crippen LogP contribution < -0.4 is 21.1 Å². The summed E-state index contributed by atoms with van der Waals surface area (Å²) in [6.45, 7) is 0. The van der Waals surface area contributed by atoms with Gasteiger partial charge in [-0.1, -0.05) is 42.5 Å². The van der Waals surface area contributed by atoms with E-state index in [2.05, 4.69) is 69.6 Å². The Hall–Kier alpha value is -2.41. The molecule has 4 N–H and O–H groups in total. The van der Waals surface area contributed by atoms with Gasteiger partial charge in [-0.15, -0.1) is 0 Å². The third-order valence-corrected chi connectivity index (χ3v) is 9.93. The first-order valence-corrected chi connectivity index (χ1v) is 14.6. The van der Waals surface area contributed by atoms with Crippen LogP contribution in [0.4, 0.5) is 5.69 Å². The van der Waals surface area contributed by atoms with Crippen LogP contribution in [0.2, 0.25) is 0 Å². The Kier molecular flexibility index (Phi) is 6.22. The molecular weight excluding hydrogens is 460 g/mol. The number of nitrogens with one attached hydrogen (secondary N) is 3. The molecule has 0 radical (unpaired) electrons. The summed E-state index contributed by atoms with van der Waals surface area (Å²) in [4.78, 5) is 16.0. The molecule has 2 saturated carbocycles. The van der Waals surface area contributed by atoms with Gasteiger partial charge < -0.3 is 15.3 Å². The average molecular weight is 501 g/mol. The van der Waals surface area contributed by atoms with Crippen LogP contribution in [0.15, 0.2) is 54.6 Å². The van der Waals surface area contributed by atoms with Gasteiger partial charge in [0.2, 0.25) is 5.91 Å². The van der Waals surface area contributed by atoms with Crippen molar-refractivity contribution in [2.75, 3.05) is 4.90 Å². The molecule has 6 heteroatoms. The first-order chi connectivity index (χ1) is 18.1. The van der Waals surface area contributed by atoms with Crippen molar-refractivity contribution in [3.63, 3.8) is 0 Å². The van der Waals surface area contributed by atoms with Crippen LogP contribution in [0.3, 0.4) is 0 Å². The minimum absolute atomic E-state index is 0.0742. The number of aliphatic hydroxyl groups is 1. The number of hydrazine groups is 1. The van der Waals surface area contributed by atoms with E-state index in [1.807, 2.05) is 6.07 Å². The van der Waals surface area contributed by atoms with Gasteiger partial charge in [-0.25, -0.2) is 5.43 Å². The molecule has 196 valence electrons. The Bertz CT molecular complexity index is 1090. The maximum Gasteiger partial charge on any atom is 0.223 e. The molecule has 2 aliphatic carbocycles. The molecular formula is C31H40N4O2. The summed E-state index contributed by atoms with van der Waals surface area (Å²) in [5.41, 5.74) is 11.0. The Labute approximate surface area is 220 Å². The third kappa shape index (κ3) is 4.58. The number of carbonyl (C=O) groups excluding carboxylic acids is 1. The number of fused-ring (bicyclic) bond motifs is 3. The molecule has 7 atom stereocenters. The molecule has 4 unspecified atom stereocenters. The second-order valence-electron chi connectivity index (χ2n) is 12.3. The van der Waals surface area contributed by atoms with E-state index in [4.69, 9.17) is 0 Å². The van der Waals surface area contributed by atoms with Crippen LogP contribution in [0.25, 0.3) is 0 Å². The summed E-state index contributed by atoms with van der Waals surface area (Å²) in [5, 5.41) is 13.6. The number of amides is 1.